The van der Waals surface area contributed by atoms with Crippen LogP contribution in [0.25, 0.3) is 0 Å². The molecule has 2 N–H and O–H groups in total. The standard InChI is InChI=1S/C23H24IN5O2S/c1-4-12-29-21(16(3)25-22(31)17-7-5-6-15(2)13-17)27-28-23(29)32-14-20(30)26-19-10-8-18(24)9-11-19/h4-11,13,16H,1,12,14H2,2-3H3,(H,25,31)(H,26,30)/t16-/m0/s1. The maximum atomic E-state index is 12.6. The number of aromatic nitrogens is 3. The zero-order chi connectivity index (χ0) is 23.1. The molecule has 0 fully saturated rings. The van der Waals surface area contributed by atoms with Gasteiger partial charge in [0.15, 0.2) is 11.0 Å². The maximum absolute atomic E-state index is 12.6. The number of amides is 2. The monoisotopic (exact) mass is 561 g/mol. The van der Waals surface area contributed by atoms with E-state index in [1.165, 1.54) is 11.8 Å². The molecule has 3 rings (SSSR count). The third-order valence-corrected chi connectivity index (χ3v) is 6.22. The van der Waals surface area contributed by atoms with Gasteiger partial charge in [-0.25, -0.2) is 0 Å². The second kappa shape index (κ2) is 11.3. The van der Waals surface area contributed by atoms with E-state index in [0.29, 0.717) is 23.1 Å². The molecule has 1 atom stereocenters. The second-order valence-corrected chi connectivity index (χ2v) is 9.34. The molecule has 0 saturated carbocycles. The fourth-order valence-electron chi connectivity index (χ4n) is 3.02. The molecule has 9 heteroatoms. The van der Waals surface area contributed by atoms with Gasteiger partial charge in [0.1, 0.15) is 0 Å². The van der Waals surface area contributed by atoms with E-state index in [1.807, 2.05) is 60.9 Å². The lowest BCUT2D eigenvalue weighted by Crippen LogP contribution is -2.28. The van der Waals surface area contributed by atoms with Crippen molar-refractivity contribution < 1.29 is 9.59 Å². The van der Waals surface area contributed by atoms with E-state index in [-0.39, 0.29) is 23.6 Å². The number of halogens is 1. The highest BCUT2D eigenvalue weighted by Gasteiger charge is 2.20. The molecule has 0 spiro atoms. The Morgan fingerprint density at radius 2 is 1.97 bits per heavy atom. The fraction of sp³-hybridized carbons (Fsp3) is 0.217. The highest BCUT2D eigenvalue weighted by atomic mass is 127. The molecule has 32 heavy (non-hydrogen) atoms. The number of carbonyl (C=O) groups excluding carboxylic acids is 2. The molecule has 0 radical (unpaired) electrons. The van der Waals surface area contributed by atoms with Crippen molar-refractivity contribution in [3.8, 4) is 0 Å². The molecule has 0 aliphatic heterocycles. The summed E-state index contributed by atoms with van der Waals surface area (Å²) >= 11 is 3.50. The smallest absolute Gasteiger partial charge is 0.251 e. The summed E-state index contributed by atoms with van der Waals surface area (Å²) in [5, 5.41) is 14.9. The number of anilines is 1. The lowest BCUT2D eigenvalue weighted by atomic mass is 10.1. The topological polar surface area (TPSA) is 88.9 Å². The zero-order valence-corrected chi connectivity index (χ0v) is 20.8. The highest BCUT2D eigenvalue weighted by molar-refractivity contribution is 14.1. The minimum Gasteiger partial charge on any atom is -0.342 e. The lowest BCUT2D eigenvalue weighted by Gasteiger charge is -2.15. The summed E-state index contributed by atoms with van der Waals surface area (Å²) in [7, 11) is 0. The molecule has 0 saturated heterocycles. The van der Waals surface area contributed by atoms with Crippen molar-refractivity contribution in [3.05, 3.63) is 81.7 Å². The lowest BCUT2D eigenvalue weighted by molar-refractivity contribution is -0.113. The number of hydrogen-bond donors (Lipinski definition) is 2. The van der Waals surface area contributed by atoms with Gasteiger partial charge in [0.25, 0.3) is 5.91 Å². The highest BCUT2D eigenvalue weighted by Crippen LogP contribution is 2.22. The first-order valence-corrected chi connectivity index (χ1v) is 12.0. The minimum atomic E-state index is -0.370. The van der Waals surface area contributed by atoms with Crippen molar-refractivity contribution in [2.45, 2.75) is 31.6 Å². The minimum absolute atomic E-state index is 0.133. The molecule has 1 heterocycles. The van der Waals surface area contributed by atoms with Gasteiger partial charge in [-0.05, 0) is 72.8 Å². The first-order valence-electron chi connectivity index (χ1n) is 9.97. The molecule has 3 aromatic rings. The molecule has 1 aromatic heterocycles. The molecule has 7 nitrogen and oxygen atoms in total. The Hall–Kier alpha value is -2.66. The maximum Gasteiger partial charge on any atom is 0.251 e. The number of nitrogens with zero attached hydrogens (tertiary/aromatic N) is 3. The van der Waals surface area contributed by atoms with Gasteiger partial charge in [-0.1, -0.05) is 35.5 Å². The van der Waals surface area contributed by atoms with Crippen molar-refractivity contribution in [1.29, 1.82) is 0 Å². The number of rotatable bonds is 9. The summed E-state index contributed by atoms with van der Waals surface area (Å²) in [6.07, 6.45) is 1.73. The van der Waals surface area contributed by atoms with E-state index in [9.17, 15) is 9.59 Å². The van der Waals surface area contributed by atoms with E-state index in [1.54, 1.807) is 12.1 Å². The molecule has 166 valence electrons. The molecular formula is C23H24IN5O2S. The average Bonchev–Trinajstić information content (AvgIpc) is 3.17. The molecule has 2 amide bonds. The van der Waals surface area contributed by atoms with Crippen molar-refractivity contribution in [3.63, 3.8) is 0 Å². The van der Waals surface area contributed by atoms with Crippen molar-refractivity contribution in [1.82, 2.24) is 20.1 Å². The number of thioether (sulfide) groups is 1. The predicted octanol–water partition coefficient (Wildman–Crippen LogP) is 4.60. The number of benzene rings is 2. The van der Waals surface area contributed by atoms with E-state index in [4.69, 9.17) is 0 Å². The Balaban J connectivity index is 1.66. The van der Waals surface area contributed by atoms with Gasteiger partial charge in [-0.15, -0.1) is 16.8 Å². The average molecular weight is 561 g/mol. The van der Waals surface area contributed by atoms with Crippen LogP contribution in [0.3, 0.4) is 0 Å². The van der Waals surface area contributed by atoms with Crippen LogP contribution in [0.15, 0.2) is 66.3 Å². The summed E-state index contributed by atoms with van der Waals surface area (Å²) in [5.41, 5.74) is 2.35. The van der Waals surface area contributed by atoms with Crippen LogP contribution in [-0.4, -0.2) is 32.3 Å². The predicted molar refractivity (Wildman–Crippen MR) is 136 cm³/mol. The van der Waals surface area contributed by atoms with Crippen molar-refractivity contribution in [2.24, 2.45) is 0 Å². The fourth-order valence-corrected chi connectivity index (χ4v) is 4.13. The van der Waals surface area contributed by atoms with Crippen LogP contribution >= 0.6 is 34.4 Å². The van der Waals surface area contributed by atoms with Gasteiger partial charge in [-0.3, -0.25) is 9.59 Å². The Morgan fingerprint density at radius 3 is 2.66 bits per heavy atom. The summed E-state index contributed by atoms with van der Waals surface area (Å²) < 4.78 is 2.96. The van der Waals surface area contributed by atoms with Crippen LogP contribution in [-0.2, 0) is 11.3 Å². The number of nitrogens with one attached hydrogen (secondary N) is 2. The summed E-state index contributed by atoms with van der Waals surface area (Å²) in [6.45, 7) is 8.07. The molecule has 2 aromatic carbocycles. The number of carbonyl (C=O) groups is 2. The van der Waals surface area contributed by atoms with E-state index in [0.717, 1.165) is 14.8 Å². The Kier molecular flexibility index (Phi) is 8.46. The normalized spacial score (nSPS) is 11.6. The van der Waals surface area contributed by atoms with Gasteiger partial charge in [0.05, 0.1) is 11.8 Å². The van der Waals surface area contributed by atoms with Gasteiger partial charge in [0, 0.05) is 21.4 Å². The molecule has 0 bridgehead atoms. The van der Waals surface area contributed by atoms with Gasteiger partial charge >= 0.3 is 0 Å². The van der Waals surface area contributed by atoms with Crippen LogP contribution < -0.4 is 10.6 Å². The summed E-state index contributed by atoms with van der Waals surface area (Å²) in [4.78, 5) is 25.0. The SMILES string of the molecule is C=CCn1c(SCC(=O)Nc2ccc(I)cc2)nnc1[C@H](C)NC(=O)c1cccc(C)c1. The van der Waals surface area contributed by atoms with Crippen LogP contribution in [0.4, 0.5) is 5.69 Å². The third-order valence-electron chi connectivity index (χ3n) is 4.53. The quantitative estimate of drug-likeness (QED) is 0.227. The molecule has 0 aliphatic carbocycles. The van der Waals surface area contributed by atoms with Gasteiger partial charge < -0.3 is 15.2 Å². The largest absolute Gasteiger partial charge is 0.342 e. The molecular weight excluding hydrogens is 537 g/mol. The van der Waals surface area contributed by atoms with Gasteiger partial charge in [0.2, 0.25) is 5.91 Å². The van der Waals surface area contributed by atoms with E-state index < -0.39 is 0 Å². The first kappa shape index (κ1) is 24.0. The third kappa shape index (κ3) is 6.42. The van der Waals surface area contributed by atoms with E-state index >= 15 is 0 Å². The zero-order valence-electron chi connectivity index (χ0n) is 17.8. The number of hydrogen-bond acceptors (Lipinski definition) is 5. The van der Waals surface area contributed by atoms with Crippen LogP contribution in [0, 0.1) is 10.5 Å². The number of allylic oxidation sites excluding steroid dienone is 1. The van der Waals surface area contributed by atoms with Crippen molar-refractivity contribution in [2.75, 3.05) is 11.1 Å². The van der Waals surface area contributed by atoms with Crippen LogP contribution in [0.1, 0.15) is 34.7 Å². The van der Waals surface area contributed by atoms with Crippen molar-refractivity contribution >= 4 is 51.9 Å². The Morgan fingerprint density at radius 1 is 1.22 bits per heavy atom. The summed E-state index contributed by atoms with van der Waals surface area (Å²) in [6, 6.07) is 14.6. The first-order chi connectivity index (χ1) is 15.4. The summed E-state index contributed by atoms with van der Waals surface area (Å²) in [5.74, 6) is 0.476. The number of aryl methyl sites for hydroxylation is 1. The van der Waals surface area contributed by atoms with Gasteiger partial charge in [-0.2, -0.15) is 0 Å². The Bertz CT molecular complexity index is 1110. The Labute approximate surface area is 205 Å². The van der Waals surface area contributed by atoms with E-state index in [2.05, 4.69) is 50.0 Å². The van der Waals surface area contributed by atoms with Crippen LogP contribution in [0.2, 0.25) is 0 Å². The molecule has 0 aliphatic rings. The van der Waals surface area contributed by atoms with Crippen LogP contribution in [0.5, 0.6) is 0 Å². The second-order valence-electron chi connectivity index (χ2n) is 7.15. The molecule has 0 unspecified atom stereocenters.